The highest BCUT2D eigenvalue weighted by molar-refractivity contribution is 6.00. The van der Waals surface area contributed by atoms with Crippen molar-refractivity contribution < 1.29 is 19.0 Å². The zero-order chi connectivity index (χ0) is 22.8. The molecule has 3 aromatic rings. The van der Waals surface area contributed by atoms with Crippen molar-refractivity contribution in [1.82, 2.24) is 15.1 Å². The lowest BCUT2D eigenvalue weighted by atomic mass is 9.95. The Morgan fingerprint density at radius 2 is 1.72 bits per heavy atom. The number of hydrogen-bond donors (Lipinski definition) is 1. The van der Waals surface area contributed by atoms with Crippen LogP contribution < -0.4 is 14.2 Å². The number of aromatic nitrogens is 2. The lowest BCUT2D eigenvalue weighted by molar-refractivity contribution is 0.0687. The zero-order valence-corrected chi connectivity index (χ0v) is 19.1. The van der Waals surface area contributed by atoms with Crippen molar-refractivity contribution in [3.63, 3.8) is 0 Å². The van der Waals surface area contributed by atoms with E-state index in [0.717, 1.165) is 28.1 Å². The molecule has 0 radical (unpaired) electrons. The molecule has 0 fully saturated rings. The number of nitrogens with one attached hydrogen (secondary N) is 1. The molecule has 0 aliphatic carbocycles. The summed E-state index contributed by atoms with van der Waals surface area (Å²) in [7, 11) is 1.64. The van der Waals surface area contributed by atoms with E-state index in [-0.39, 0.29) is 18.0 Å². The molecule has 1 unspecified atom stereocenters. The fourth-order valence-corrected chi connectivity index (χ4v) is 4.23. The van der Waals surface area contributed by atoms with E-state index in [1.54, 1.807) is 7.11 Å². The molecule has 1 atom stereocenters. The smallest absolute Gasteiger partial charge is 0.273 e. The summed E-state index contributed by atoms with van der Waals surface area (Å²) in [4.78, 5) is 15.2. The van der Waals surface area contributed by atoms with Gasteiger partial charge in [0.15, 0.2) is 11.5 Å². The minimum Gasteiger partial charge on any atom is -0.497 e. The van der Waals surface area contributed by atoms with E-state index in [9.17, 15) is 4.79 Å². The number of ether oxygens (including phenoxy) is 3. The highest BCUT2D eigenvalue weighted by atomic mass is 16.5. The number of aromatic amines is 1. The number of fused-ring (bicyclic) bond motifs is 1. The molecule has 2 aromatic carbocycles. The number of rotatable bonds is 8. The molecule has 0 saturated carbocycles. The van der Waals surface area contributed by atoms with Gasteiger partial charge in [-0.2, -0.15) is 5.10 Å². The molecule has 0 bridgehead atoms. The van der Waals surface area contributed by atoms with E-state index in [0.29, 0.717) is 30.4 Å². The van der Waals surface area contributed by atoms with Crippen LogP contribution in [0.25, 0.3) is 11.3 Å². The number of nitrogens with zero attached hydrogens (tertiary/aromatic N) is 2. The Hall–Kier alpha value is -3.48. The SMILES string of the molecule is CCOc1ccc(C2c3c(-c4ccc(OC)cc4)n[nH]c3C(=O)N2C(C)C)cc1OCC. The predicted molar refractivity (Wildman–Crippen MR) is 123 cm³/mol. The average molecular weight is 436 g/mol. The van der Waals surface area contributed by atoms with Gasteiger partial charge in [0.25, 0.3) is 5.91 Å². The first kappa shape index (κ1) is 21.7. The number of benzene rings is 2. The third-order valence-corrected chi connectivity index (χ3v) is 5.61. The molecule has 168 valence electrons. The van der Waals surface area contributed by atoms with Crippen molar-refractivity contribution in [2.24, 2.45) is 0 Å². The average Bonchev–Trinajstić information content (AvgIpc) is 3.34. The Balaban J connectivity index is 1.86. The van der Waals surface area contributed by atoms with Crippen molar-refractivity contribution in [1.29, 1.82) is 0 Å². The van der Waals surface area contributed by atoms with Gasteiger partial charge in [-0.3, -0.25) is 9.89 Å². The maximum Gasteiger partial charge on any atom is 0.273 e. The zero-order valence-electron chi connectivity index (χ0n) is 19.1. The topological polar surface area (TPSA) is 76.7 Å². The van der Waals surface area contributed by atoms with Gasteiger partial charge >= 0.3 is 0 Å². The van der Waals surface area contributed by atoms with Crippen LogP contribution in [0, 0.1) is 0 Å². The monoisotopic (exact) mass is 435 g/mol. The van der Waals surface area contributed by atoms with Crippen LogP contribution in [0.1, 0.15) is 55.4 Å². The van der Waals surface area contributed by atoms with Crippen LogP contribution in [-0.2, 0) is 0 Å². The lowest BCUT2D eigenvalue weighted by Crippen LogP contribution is -2.35. The fraction of sp³-hybridized carbons (Fsp3) is 0.360. The van der Waals surface area contributed by atoms with Crippen LogP contribution >= 0.6 is 0 Å². The molecule has 0 saturated heterocycles. The van der Waals surface area contributed by atoms with Gasteiger partial charge < -0.3 is 19.1 Å². The number of carbonyl (C=O) groups is 1. The Bertz CT molecular complexity index is 1100. The van der Waals surface area contributed by atoms with Gasteiger partial charge in [-0.05, 0) is 69.7 Å². The number of amides is 1. The molecule has 4 rings (SSSR count). The maximum atomic E-state index is 13.3. The van der Waals surface area contributed by atoms with Gasteiger partial charge in [-0.1, -0.05) is 6.07 Å². The third-order valence-electron chi connectivity index (χ3n) is 5.61. The summed E-state index contributed by atoms with van der Waals surface area (Å²) >= 11 is 0. The molecule has 7 heteroatoms. The Morgan fingerprint density at radius 3 is 2.34 bits per heavy atom. The van der Waals surface area contributed by atoms with Crippen LogP contribution in [0.15, 0.2) is 42.5 Å². The van der Waals surface area contributed by atoms with Crippen molar-refractivity contribution in [2.45, 2.75) is 39.8 Å². The lowest BCUT2D eigenvalue weighted by Gasteiger charge is -2.30. The first-order valence-corrected chi connectivity index (χ1v) is 10.9. The maximum absolute atomic E-state index is 13.3. The second-order valence-corrected chi connectivity index (χ2v) is 7.87. The minimum absolute atomic E-state index is 0.000806. The van der Waals surface area contributed by atoms with E-state index in [1.807, 2.05) is 75.1 Å². The summed E-state index contributed by atoms with van der Waals surface area (Å²) in [6.07, 6.45) is 0. The molecule has 32 heavy (non-hydrogen) atoms. The van der Waals surface area contributed by atoms with Crippen molar-refractivity contribution >= 4 is 5.91 Å². The molecule has 1 aliphatic rings. The van der Waals surface area contributed by atoms with Gasteiger partial charge in [-0.25, -0.2) is 0 Å². The molecule has 0 spiro atoms. The highest BCUT2D eigenvalue weighted by Crippen LogP contribution is 2.45. The Kier molecular flexibility index (Phi) is 6.08. The second-order valence-electron chi connectivity index (χ2n) is 7.87. The van der Waals surface area contributed by atoms with Crippen molar-refractivity contribution in [2.75, 3.05) is 20.3 Å². The van der Waals surface area contributed by atoms with E-state index in [1.165, 1.54) is 0 Å². The van der Waals surface area contributed by atoms with Gasteiger partial charge in [0.05, 0.1) is 32.1 Å². The molecule has 1 N–H and O–H groups in total. The quantitative estimate of drug-likeness (QED) is 0.548. The summed E-state index contributed by atoms with van der Waals surface area (Å²) in [6.45, 7) is 9.00. The number of H-pyrrole nitrogens is 1. The van der Waals surface area contributed by atoms with E-state index in [2.05, 4.69) is 10.2 Å². The normalized spacial score (nSPS) is 15.2. The van der Waals surface area contributed by atoms with E-state index in [4.69, 9.17) is 14.2 Å². The summed E-state index contributed by atoms with van der Waals surface area (Å²) in [5.74, 6) is 2.08. The van der Waals surface area contributed by atoms with Gasteiger partial charge in [0.2, 0.25) is 0 Å². The number of methoxy groups -OCH3 is 1. The van der Waals surface area contributed by atoms with Crippen LogP contribution in [0.5, 0.6) is 17.2 Å². The van der Waals surface area contributed by atoms with Crippen LogP contribution in [0.2, 0.25) is 0 Å². The van der Waals surface area contributed by atoms with Crippen LogP contribution in [0.4, 0.5) is 0 Å². The van der Waals surface area contributed by atoms with E-state index < -0.39 is 0 Å². The van der Waals surface area contributed by atoms with Crippen LogP contribution in [-0.4, -0.2) is 47.4 Å². The van der Waals surface area contributed by atoms with Gasteiger partial charge in [-0.15, -0.1) is 0 Å². The molecule has 1 aromatic heterocycles. The standard InChI is InChI=1S/C25H29N3O4/c1-6-31-19-13-10-17(14-20(19)32-7-2)24-21-22(16-8-11-18(30-5)12-9-16)26-27-23(21)25(29)28(24)15(3)4/h8-15,24H,6-7H2,1-5H3,(H,26,27). The van der Waals surface area contributed by atoms with Gasteiger partial charge in [0, 0.05) is 17.2 Å². The van der Waals surface area contributed by atoms with Gasteiger partial charge in [0.1, 0.15) is 11.4 Å². The number of hydrogen-bond acceptors (Lipinski definition) is 5. The summed E-state index contributed by atoms with van der Waals surface area (Å²) in [5, 5.41) is 7.51. The number of carbonyl (C=O) groups excluding carboxylic acids is 1. The molecule has 1 amide bonds. The highest BCUT2D eigenvalue weighted by Gasteiger charge is 2.43. The van der Waals surface area contributed by atoms with Crippen LogP contribution in [0.3, 0.4) is 0 Å². The summed E-state index contributed by atoms with van der Waals surface area (Å²) in [6, 6.07) is 13.3. The Labute approximate surface area is 188 Å². The molecular formula is C25H29N3O4. The fourth-order valence-electron chi connectivity index (χ4n) is 4.23. The molecule has 7 nitrogen and oxygen atoms in total. The molecular weight excluding hydrogens is 406 g/mol. The summed E-state index contributed by atoms with van der Waals surface area (Å²) in [5.41, 5.74) is 4.04. The molecule has 1 aliphatic heterocycles. The summed E-state index contributed by atoms with van der Waals surface area (Å²) < 4.78 is 16.9. The largest absolute Gasteiger partial charge is 0.497 e. The van der Waals surface area contributed by atoms with E-state index >= 15 is 0 Å². The van der Waals surface area contributed by atoms with Crippen molar-refractivity contribution in [3.05, 3.63) is 59.3 Å². The second kappa shape index (κ2) is 8.94. The minimum atomic E-state index is -0.289. The first-order chi connectivity index (χ1) is 15.5. The predicted octanol–water partition coefficient (Wildman–Crippen LogP) is 4.84. The Morgan fingerprint density at radius 1 is 1.03 bits per heavy atom. The van der Waals surface area contributed by atoms with Crippen molar-refractivity contribution in [3.8, 4) is 28.5 Å². The third kappa shape index (κ3) is 3.68. The molecule has 2 heterocycles. The first-order valence-electron chi connectivity index (χ1n) is 10.9.